The van der Waals surface area contributed by atoms with E-state index in [2.05, 4.69) is 0 Å². The Bertz CT molecular complexity index is 1530. The summed E-state index contributed by atoms with van der Waals surface area (Å²) in [6, 6.07) is -6.60. The fourth-order valence-electron chi connectivity index (χ4n) is 1.88. The van der Waals surface area contributed by atoms with E-state index in [1.54, 1.807) is 0 Å². The molecule has 0 aliphatic rings. The molecule has 1 heterocycles. The van der Waals surface area contributed by atoms with Gasteiger partial charge < -0.3 is 4.42 Å². The predicted octanol–water partition coefficient (Wildman–Crippen LogP) is 5.77. The van der Waals surface area contributed by atoms with Crippen molar-refractivity contribution >= 4 is 10.8 Å². The Hall–Kier alpha value is -2.80. The topological polar surface area (TPSA) is 13.1 Å². The van der Waals surface area contributed by atoms with Crippen LogP contribution in [-0.2, 0) is 0 Å². The van der Waals surface area contributed by atoms with Crippen molar-refractivity contribution in [2.45, 2.75) is 0 Å². The van der Waals surface area contributed by atoms with Crippen LogP contribution in [0.4, 0.5) is 0 Å². The maximum absolute atomic E-state index is 8.38. The number of hydrogen-bond donors (Lipinski definition) is 0. The summed E-state index contributed by atoms with van der Waals surface area (Å²) in [5.74, 6) is -0.966. The lowest BCUT2D eigenvalue weighted by molar-refractivity contribution is 0.598. The first-order chi connectivity index (χ1) is 15.8. The first-order valence-electron chi connectivity index (χ1n) is 12.5. The quantitative estimate of drug-likeness (QED) is 0.455. The van der Waals surface area contributed by atoms with Crippen molar-refractivity contribution in [3.05, 3.63) is 84.6 Å². The smallest absolute Gasteiger partial charge is 0.135 e. The molecule has 4 rings (SSSR count). The molecule has 1 heteroatoms. The normalized spacial score (nSPS) is 19.5. The maximum Gasteiger partial charge on any atom is 0.135 e. The van der Waals surface area contributed by atoms with E-state index in [1.165, 1.54) is 0 Å². The number of rotatable bonds is 2. The highest BCUT2D eigenvalue weighted by atomic mass is 16.3. The number of hydrogen-bond acceptors (Lipinski definition) is 1. The van der Waals surface area contributed by atoms with Gasteiger partial charge in [-0.15, -0.1) is 0 Å². The summed E-state index contributed by atoms with van der Waals surface area (Å²) in [6.07, 6.45) is 0. The zero-order chi connectivity index (χ0) is 25.4. The molecule has 0 bridgehead atoms. The molecule has 0 aliphatic carbocycles. The van der Waals surface area contributed by atoms with Crippen LogP contribution in [0.1, 0.15) is 17.8 Å². The molecule has 1 aromatic heterocycles. The summed E-state index contributed by atoms with van der Waals surface area (Å²) >= 11 is 0. The number of benzene rings is 3. The highest BCUT2D eigenvalue weighted by molar-refractivity contribution is 5.95. The molecule has 0 radical (unpaired) electrons. The Morgan fingerprint density at radius 1 is 0.667 bits per heavy atom. The van der Waals surface area contributed by atoms with Crippen molar-refractivity contribution in [2.75, 3.05) is 0 Å². The third-order valence-electron chi connectivity index (χ3n) is 2.81. The highest BCUT2D eigenvalue weighted by Crippen LogP contribution is 2.32. The SMILES string of the molecule is [2H]c1cc([2H])c(-c2oc(-c3c([2H])c([2H])c([2H])c4c([2H])c([2H])c([2H])c([2H])c34)c([2H])c2[2H])c([2H])c1[2H]. The summed E-state index contributed by atoms with van der Waals surface area (Å²) in [5.41, 5.74) is -0.722. The van der Waals surface area contributed by atoms with Gasteiger partial charge in [-0.1, -0.05) is 72.5 Å². The van der Waals surface area contributed by atoms with E-state index in [-0.39, 0.29) is 22.4 Å². The molecule has 3 aromatic carbocycles. The van der Waals surface area contributed by atoms with Gasteiger partial charge in [0.15, 0.2) is 0 Å². The summed E-state index contributed by atoms with van der Waals surface area (Å²) in [5, 5.41) is -0.675. The maximum atomic E-state index is 8.38. The van der Waals surface area contributed by atoms with Gasteiger partial charge in [0.2, 0.25) is 0 Å². The first kappa shape index (κ1) is 4.60. The molecule has 1 nitrogen and oxygen atoms in total. The van der Waals surface area contributed by atoms with Gasteiger partial charge >= 0.3 is 0 Å². The van der Waals surface area contributed by atoms with E-state index in [0.717, 1.165) is 6.07 Å². The molecule has 21 heavy (non-hydrogen) atoms. The monoisotopic (exact) mass is 283 g/mol. The standard InChI is InChI=1S/C20H14O/c1-2-8-16(9-3-1)19-13-14-20(21-19)18-12-6-10-15-7-4-5-11-17(15)18/h1-14H/i1D,2D,4D,5D,6D,7D,8D,9D,10D,11D,12D,13D,14D. The molecule has 0 unspecified atom stereocenters. The van der Waals surface area contributed by atoms with Gasteiger partial charge in [-0.3, -0.25) is 0 Å². The Morgan fingerprint density at radius 2 is 1.48 bits per heavy atom. The minimum absolute atomic E-state index is 0.327. The van der Waals surface area contributed by atoms with Crippen LogP contribution in [-0.4, -0.2) is 0 Å². The first-order valence-corrected chi connectivity index (χ1v) is 5.99. The zero-order valence-electron chi connectivity index (χ0n) is 23.5. The molecule has 0 aliphatic heterocycles. The van der Waals surface area contributed by atoms with Crippen LogP contribution < -0.4 is 0 Å². The van der Waals surface area contributed by atoms with Gasteiger partial charge in [-0.05, 0) is 22.9 Å². The van der Waals surface area contributed by atoms with Crippen molar-refractivity contribution in [3.63, 3.8) is 0 Å². The van der Waals surface area contributed by atoms with Crippen LogP contribution in [0.5, 0.6) is 0 Å². The van der Waals surface area contributed by atoms with E-state index in [0.29, 0.717) is 0 Å². The summed E-state index contributed by atoms with van der Waals surface area (Å²) in [6.45, 7) is 0. The molecular formula is C20H14O. The fourth-order valence-corrected chi connectivity index (χ4v) is 1.88. The second-order valence-corrected chi connectivity index (χ2v) is 4.07. The summed E-state index contributed by atoms with van der Waals surface area (Å²) in [7, 11) is 0. The van der Waals surface area contributed by atoms with Crippen LogP contribution in [0.3, 0.4) is 0 Å². The molecule has 4 aromatic rings. The van der Waals surface area contributed by atoms with Crippen LogP contribution in [0.2, 0.25) is 0 Å². The summed E-state index contributed by atoms with van der Waals surface area (Å²) < 4.78 is 111. The van der Waals surface area contributed by atoms with E-state index >= 15 is 0 Å². The molecule has 0 N–H and O–H groups in total. The van der Waals surface area contributed by atoms with Gasteiger partial charge in [-0.2, -0.15) is 0 Å². The van der Waals surface area contributed by atoms with Gasteiger partial charge in [0, 0.05) is 11.1 Å². The van der Waals surface area contributed by atoms with Crippen LogP contribution in [0.25, 0.3) is 33.4 Å². The lowest BCUT2D eigenvalue weighted by Crippen LogP contribution is -1.78. The van der Waals surface area contributed by atoms with Crippen molar-refractivity contribution in [3.8, 4) is 22.6 Å². The lowest BCUT2D eigenvalue weighted by Gasteiger charge is -2.03. The van der Waals surface area contributed by atoms with Crippen molar-refractivity contribution in [1.29, 1.82) is 0 Å². The van der Waals surface area contributed by atoms with Crippen LogP contribution in [0, 0.1) is 0 Å². The Balaban J connectivity index is 2.18. The molecule has 0 spiro atoms. The number of furan rings is 1. The average molecular weight is 283 g/mol. The minimum atomic E-state index is -0.675. The lowest BCUT2D eigenvalue weighted by atomic mass is 10.0. The highest BCUT2D eigenvalue weighted by Gasteiger charge is 2.09. The third kappa shape index (κ3) is 2.13. The summed E-state index contributed by atoms with van der Waals surface area (Å²) in [4.78, 5) is 0. The van der Waals surface area contributed by atoms with Crippen molar-refractivity contribution in [1.82, 2.24) is 0 Å². The average Bonchev–Trinajstić information content (AvgIpc) is 3.07. The molecule has 0 atom stereocenters. The van der Waals surface area contributed by atoms with Crippen LogP contribution >= 0.6 is 0 Å². The third-order valence-corrected chi connectivity index (χ3v) is 2.81. The largest absolute Gasteiger partial charge is 0.456 e. The van der Waals surface area contributed by atoms with Crippen LogP contribution in [0.15, 0.2) is 89.0 Å². The molecule has 0 saturated carbocycles. The molecular weight excluding hydrogens is 256 g/mol. The molecule has 0 fully saturated rings. The second-order valence-electron chi connectivity index (χ2n) is 4.07. The molecule has 0 amide bonds. The minimum Gasteiger partial charge on any atom is -0.456 e. The van der Waals surface area contributed by atoms with Crippen molar-refractivity contribution in [2.24, 2.45) is 0 Å². The molecule has 0 saturated heterocycles. The van der Waals surface area contributed by atoms with Gasteiger partial charge in [0.1, 0.15) is 11.5 Å². The van der Waals surface area contributed by atoms with E-state index in [9.17, 15) is 0 Å². The van der Waals surface area contributed by atoms with E-state index in [4.69, 9.17) is 22.2 Å². The Labute approximate surface area is 141 Å². The zero-order valence-corrected chi connectivity index (χ0v) is 10.5. The van der Waals surface area contributed by atoms with Gasteiger partial charge in [0.25, 0.3) is 0 Å². The Morgan fingerprint density at radius 3 is 2.48 bits per heavy atom. The van der Waals surface area contributed by atoms with Crippen molar-refractivity contribution < 1.29 is 22.2 Å². The van der Waals surface area contributed by atoms with E-state index in [1.807, 2.05) is 0 Å². The van der Waals surface area contributed by atoms with Gasteiger partial charge in [-0.25, -0.2) is 0 Å². The predicted molar refractivity (Wildman–Crippen MR) is 87.1 cm³/mol. The van der Waals surface area contributed by atoms with E-state index < -0.39 is 89.6 Å². The second kappa shape index (κ2) is 4.95. The fraction of sp³-hybridized carbons (Fsp3) is 0. The molecule has 100 valence electrons. The van der Waals surface area contributed by atoms with Gasteiger partial charge in [0.05, 0.1) is 17.8 Å². The number of fused-ring (bicyclic) bond motifs is 1. The Kier molecular flexibility index (Phi) is 1.08.